The summed E-state index contributed by atoms with van der Waals surface area (Å²) >= 11 is 0. The molecule has 1 aromatic rings. The van der Waals surface area contributed by atoms with Crippen molar-refractivity contribution in [3.05, 3.63) is 29.3 Å². The maximum atomic E-state index is 5.47. The van der Waals surface area contributed by atoms with Gasteiger partial charge in [-0.3, -0.25) is 4.99 Å². The van der Waals surface area contributed by atoms with Crippen LogP contribution < -0.4 is 4.74 Å². The molecule has 2 nitrogen and oxygen atoms in total. The molecular weight excluding hydrogens is 210 g/mol. The minimum atomic E-state index is 0. The normalized spacial score (nSPS) is 13.6. The molecule has 3 heteroatoms. The Labute approximate surface area is 96.8 Å². The third kappa shape index (κ3) is 2.51. The smallest absolute Gasteiger partial charge is 0.119 e. The van der Waals surface area contributed by atoms with Crippen LogP contribution in [0.3, 0.4) is 0 Å². The highest BCUT2D eigenvalue weighted by atomic mass is 35.5. The molecule has 0 fully saturated rings. The molecule has 0 amide bonds. The van der Waals surface area contributed by atoms with Gasteiger partial charge in [0.1, 0.15) is 5.75 Å². The number of ether oxygens (including phenoxy) is 1. The summed E-state index contributed by atoms with van der Waals surface area (Å²) in [5.41, 5.74) is 3.79. The molecule has 1 aromatic carbocycles. The molecule has 0 spiro atoms. The van der Waals surface area contributed by atoms with Crippen molar-refractivity contribution in [2.45, 2.75) is 20.3 Å². The van der Waals surface area contributed by atoms with Crippen molar-refractivity contribution in [1.29, 1.82) is 0 Å². The van der Waals surface area contributed by atoms with Gasteiger partial charge in [0.05, 0.1) is 6.61 Å². The van der Waals surface area contributed by atoms with Gasteiger partial charge in [-0.1, -0.05) is 0 Å². The summed E-state index contributed by atoms with van der Waals surface area (Å²) in [7, 11) is 0. The summed E-state index contributed by atoms with van der Waals surface area (Å²) in [6.45, 7) is 5.71. The Hall–Kier alpha value is -1.02. The molecule has 0 N–H and O–H groups in total. The molecule has 0 aromatic heterocycles. The third-order valence-electron chi connectivity index (χ3n) is 2.51. The van der Waals surface area contributed by atoms with Gasteiger partial charge in [-0.05, 0) is 49.6 Å². The highest BCUT2D eigenvalue weighted by molar-refractivity contribution is 6.00. The zero-order valence-electron chi connectivity index (χ0n) is 9.12. The van der Waals surface area contributed by atoms with Gasteiger partial charge < -0.3 is 4.74 Å². The van der Waals surface area contributed by atoms with E-state index >= 15 is 0 Å². The Kier molecular flexibility index (Phi) is 4.15. The van der Waals surface area contributed by atoms with E-state index in [-0.39, 0.29) is 12.4 Å². The van der Waals surface area contributed by atoms with Gasteiger partial charge in [-0.2, -0.15) is 0 Å². The number of hydrogen-bond acceptors (Lipinski definition) is 2. The van der Waals surface area contributed by atoms with Crippen LogP contribution in [0.4, 0.5) is 0 Å². The lowest BCUT2D eigenvalue weighted by Crippen LogP contribution is -2.09. The van der Waals surface area contributed by atoms with E-state index in [2.05, 4.69) is 24.0 Å². The van der Waals surface area contributed by atoms with Gasteiger partial charge in [0.25, 0.3) is 0 Å². The van der Waals surface area contributed by atoms with Crippen molar-refractivity contribution < 1.29 is 4.74 Å². The van der Waals surface area contributed by atoms with E-state index < -0.39 is 0 Å². The topological polar surface area (TPSA) is 21.6 Å². The van der Waals surface area contributed by atoms with Gasteiger partial charge in [-0.15, -0.1) is 12.4 Å². The first-order valence-corrected chi connectivity index (χ1v) is 5.08. The second-order valence-corrected chi connectivity index (χ2v) is 3.47. The summed E-state index contributed by atoms with van der Waals surface area (Å²) < 4.78 is 5.47. The van der Waals surface area contributed by atoms with E-state index in [1.807, 2.05) is 13.0 Å². The first-order valence-electron chi connectivity index (χ1n) is 5.08. The SMILES string of the molecule is CCOc1ccc2c(c1)CCN=C2C.Cl. The van der Waals surface area contributed by atoms with Crippen LogP contribution in [-0.4, -0.2) is 18.9 Å². The molecule has 0 unspecified atom stereocenters. The second kappa shape index (κ2) is 5.17. The standard InChI is InChI=1S/C12H15NO.ClH/c1-3-14-11-4-5-12-9(2)13-7-6-10(12)8-11;/h4-5,8H,3,6-7H2,1-2H3;1H. The van der Waals surface area contributed by atoms with Gasteiger partial charge in [-0.25, -0.2) is 0 Å². The van der Waals surface area contributed by atoms with Crippen LogP contribution in [0.5, 0.6) is 5.75 Å². The largest absolute Gasteiger partial charge is 0.494 e. The van der Waals surface area contributed by atoms with E-state index in [1.165, 1.54) is 11.1 Å². The van der Waals surface area contributed by atoms with Crippen molar-refractivity contribution in [2.75, 3.05) is 13.2 Å². The summed E-state index contributed by atoms with van der Waals surface area (Å²) in [6.07, 6.45) is 1.04. The number of benzene rings is 1. The lowest BCUT2D eigenvalue weighted by Gasteiger charge is -2.15. The van der Waals surface area contributed by atoms with Crippen molar-refractivity contribution in [3.8, 4) is 5.75 Å². The van der Waals surface area contributed by atoms with Gasteiger partial charge in [0.2, 0.25) is 0 Å². The Morgan fingerprint density at radius 3 is 2.93 bits per heavy atom. The average molecular weight is 226 g/mol. The molecular formula is C12H16ClNO. The minimum Gasteiger partial charge on any atom is -0.494 e. The Morgan fingerprint density at radius 2 is 2.20 bits per heavy atom. The second-order valence-electron chi connectivity index (χ2n) is 3.47. The Bertz CT molecular complexity index is 374. The van der Waals surface area contributed by atoms with Gasteiger partial charge in [0, 0.05) is 12.3 Å². The molecule has 0 atom stereocenters. The molecule has 1 heterocycles. The van der Waals surface area contributed by atoms with E-state index in [4.69, 9.17) is 4.74 Å². The number of halogens is 1. The van der Waals surface area contributed by atoms with Gasteiger partial charge >= 0.3 is 0 Å². The highest BCUT2D eigenvalue weighted by Crippen LogP contribution is 2.21. The Morgan fingerprint density at radius 1 is 1.40 bits per heavy atom. The summed E-state index contributed by atoms with van der Waals surface area (Å²) in [6, 6.07) is 6.27. The molecule has 0 saturated carbocycles. The fourth-order valence-corrected chi connectivity index (χ4v) is 1.82. The van der Waals surface area contributed by atoms with E-state index in [1.54, 1.807) is 0 Å². The fourth-order valence-electron chi connectivity index (χ4n) is 1.82. The van der Waals surface area contributed by atoms with Crippen molar-refractivity contribution >= 4 is 18.1 Å². The lowest BCUT2D eigenvalue weighted by molar-refractivity contribution is 0.340. The van der Waals surface area contributed by atoms with Crippen LogP contribution in [0.25, 0.3) is 0 Å². The zero-order chi connectivity index (χ0) is 9.97. The lowest BCUT2D eigenvalue weighted by atomic mass is 9.98. The monoisotopic (exact) mass is 225 g/mol. The number of rotatable bonds is 2. The molecule has 1 aliphatic heterocycles. The zero-order valence-corrected chi connectivity index (χ0v) is 9.93. The van der Waals surface area contributed by atoms with E-state index in [0.717, 1.165) is 31.0 Å². The first-order chi connectivity index (χ1) is 6.81. The maximum Gasteiger partial charge on any atom is 0.119 e. The van der Waals surface area contributed by atoms with E-state index in [9.17, 15) is 0 Å². The number of nitrogens with zero attached hydrogens (tertiary/aromatic N) is 1. The molecule has 0 bridgehead atoms. The van der Waals surface area contributed by atoms with Crippen LogP contribution in [0.2, 0.25) is 0 Å². The Balaban J connectivity index is 0.00000112. The summed E-state index contributed by atoms with van der Waals surface area (Å²) in [4.78, 5) is 4.42. The molecule has 15 heavy (non-hydrogen) atoms. The van der Waals surface area contributed by atoms with Crippen molar-refractivity contribution in [1.82, 2.24) is 0 Å². The third-order valence-corrected chi connectivity index (χ3v) is 2.51. The predicted molar refractivity (Wildman–Crippen MR) is 65.6 cm³/mol. The molecule has 0 saturated heterocycles. The molecule has 2 rings (SSSR count). The molecule has 0 aliphatic carbocycles. The fraction of sp³-hybridized carbons (Fsp3) is 0.417. The van der Waals surface area contributed by atoms with Crippen molar-refractivity contribution in [3.63, 3.8) is 0 Å². The van der Waals surface area contributed by atoms with Crippen LogP contribution in [-0.2, 0) is 6.42 Å². The number of fused-ring (bicyclic) bond motifs is 1. The number of hydrogen-bond donors (Lipinski definition) is 0. The van der Waals surface area contributed by atoms with Crippen LogP contribution >= 0.6 is 12.4 Å². The quantitative estimate of drug-likeness (QED) is 0.759. The molecule has 1 aliphatic rings. The van der Waals surface area contributed by atoms with Crippen molar-refractivity contribution in [2.24, 2.45) is 4.99 Å². The highest BCUT2D eigenvalue weighted by Gasteiger charge is 2.10. The number of aliphatic imine (C=N–C) groups is 1. The van der Waals surface area contributed by atoms with Crippen LogP contribution in [0.1, 0.15) is 25.0 Å². The predicted octanol–water partition coefficient (Wildman–Crippen LogP) is 2.87. The van der Waals surface area contributed by atoms with Crippen LogP contribution in [0.15, 0.2) is 23.2 Å². The summed E-state index contributed by atoms with van der Waals surface area (Å²) in [5, 5.41) is 0. The molecule has 82 valence electrons. The average Bonchev–Trinajstić information content (AvgIpc) is 2.18. The minimum absolute atomic E-state index is 0. The van der Waals surface area contributed by atoms with E-state index in [0.29, 0.717) is 0 Å². The maximum absolute atomic E-state index is 5.47. The first kappa shape index (κ1) is 12.1. The molecule has 0 radical (unpaired) electrons. The summed E-state index contributed by atoms with van der Waals surface area (Å²) in [5.74, 6) is 0.973. The van der Waals surface area contributed by atoms with Gasteiger partial charge in [0.15, 0.2) is 0 Å². The van der Waals surface area contributed by atoms with Crippen LogP contribution in [0, 0.1) is 0 Å².